The highest BCUT2D eigenvalue weighted by Gasteiger charge is 2.44. The average Bonchev–Trinajstić information content (AvgIpc) is 2.82. The molecule has 2 N–H and O–H groups in total. The van der Waals surface area contributed by atoms with Crippen molar-refractivity contribution in [2.24, 2.45) is 29.6 Å². The van der Waals surface area contributed by atoms with Gasteiger partial charge >= 0.3 is 6.09 Å². The Labute approximate surface area is 214 Å². The molecule has 2 aliphatic heterocycles. The molecule has 0 aromatic heterocycles. The molecule has 2 saturated carbocycles. The molecule has 0 radical (unpaired) electrons. The number of piperidine rings is 2. The molecule has 7 heteroatoms. The number of alkyl carbamates (subject to hydrolysis) is 1. The minimum atomic E-state index is -0.452. The molecule has 4 fully saturated rings. The van der Waals surface area contributed by atoms with Crippen molar-refractivity contribution >= 4 is 27.9 Å². The summed E-state index contributed by atoms with van der Waals surface area (Å²) in [5.74, 6) is 3.15. The zero-order valence-corrected chi connectivity index (χ0v) is 23.1. The van der Waals surface area contributed by atoms with Gasteiger partial charge in [0.25, 0.3) is 0 Å². The second kappa shape index (κ2) is 11.5. The number of fused-ring (bicyclic) bond motifs is 1. The second-order valence-corrected chi connectivity index (χ2v) is 13.5. The minimum absolute atomic E-state index is 0.161. The second-order valence-electron chi connectivity index (χ2n) is 12.3. The van der Waals surface area contributed by atoms with Crippen LogP contribution in [0.5, 0.6) is 0 Å². The molecule has 6 unspecified atom stereocenters. The normalized spacial score (nSPS) is 35.4. The number of amides is 2. The fourth-order valence-electron chi connectivity index (χ4n) is 7.11. The zero-order valence-electron chi connectivity index (χ0n) is 21.5. The van der Waals surface area contributed by atoms with Crippen molar-refractivity contribution in [3.05, 3.63) is 0 Å². The quantitative estimate of drug-likeness (QED) is 0.487. The first-order valence-corrected chi connectivity index (χ1v) is 14.8. The van der Waals surface area contributed by atoms with Gasteiger partial charge in [-0.2, -0.15) is 0 Å². The Morgan fingerprint density at radius 2 is 1.76 bits per heavy atom. The van der Waals surface area contributed by atoms with E-state index in [-0.39, 0.29) is 12.0 Å². The molecule has 0 aromatic carbocycles. The van der Waals surface area contributed by atoms with Crippen LogP contribution in [-0.2, 0) is 9.53 Å². The molecule has 4 aliphatic rings. The molecule has 0 spiro atoms. The first-order chi connectivity index (χ1) is 16.2. The number of hydrogen-bond donors (Lipinski definition) is 2. The summed E-state index contributed by atoms with van der Waals surface area (Å²) in [6.45, 7) is 9.32. The number of halogens is 1. The molecule has 194 valence electrons. The van der Waals surface area contributed by atoms with E-state index in [2.05, 4.69) is 31.5 Å². The van der Waals surface area contributed by atoms with E-state index in [0.29, 0.717) is 41.1 Å². The number of alkyl halides is 1. The van der Waals surface area contributed by atoms with Crippen LogP contribution in [0.2, 0.25) is 0 Å². The van der Waals surface area contributed by atoms with Gasteiger partial charge in [-0.25, -0.2) is 4.79 Å². The van der Waals surface area contributed by atoms with Gasteiger partial charge in [-0.05, 0) is 102 Å². The van der Waals surface area contributed by atoms with Crippen LogP contribution in [0.25, 0.3) is 0 Å². The largest absolute Gasteiger partial charge is 0.444 e. The fourth-order valence-corrected chi connectivity index (χ4v) is 7.96. The Morgan fingerprint density at radius 3 is 2.50 bits per heavy atom. The van der Waals surface area contributed by atoms with Gasteiger partial charge in [0.2, 0.25) is 5.91 Å². The van der Waals surface area contributed by atoms with Gasteiger partial charge in [0.05, 0.1) is 5.92 Å². The van der Waals surface area contributed by atoms with Crippen LogP contribution in [0.1, 0.15) is 85.0 Å². The van der Waals surface area contributed by atoms with Crippen molar-refractivity contribution in [1.29, 1.82) is 0 Å². The van der Waals surface area contributed by atoms with Gasteiger partial charge < -0.3 is 20.3 Å². The molecular weight excluding hydrogens is 494 g/mol. The molecule has 0 aromatic rings. The number of carbonyl (C=O) groups excluding carboxylic acids is 2. The Hall–Kier alpha value is -0.820. The number of likely N-dealkylation sites (tertiary alicyclic amines) is 1. The maximum absolute atomic E-state index is 13.5. The van der Waals surface area contributed by atoms with E-state index < -0.39 is 5.60 Å². The SMILES string of the molecule is CC(C)(C)OC(=O)NCC1CCCC(C2CCN(C(=O)C3CCC(Br)C4CCCNC34)CC2)C1. The van der Waals surface area contributed by atoms with Gasteiger partial charge in [-0.15, -0.1) is 0 Å². The molecule has 2 amide bonds. The first kappa shape index (κ1) is 26.2. The Balaban J connectivity index is 1.23. The maximum atomic E-state index is 13.5. The molecule has 6 nitrogen and oxygen atoms in total. The lowest BCUT2D eigenvalue weighted by molar-refractivity contribution is -0.140. The van der Waals surface area contributed by atoms with Crippen LogP contribution in [0, 0.1) is 29.6 Å². The summed E-state index contributed by atoms with van der Waals surface area (Å²) in [6, 6.07) is 0.355. The van der Waals surface area contributed by atoms with Crippen LogP contribution >= 0.6 is 15.9 Å². The first-order valence-electron chi connectivity index (χ1n) is 13.8. The van der Waals surface area contributed by atoms with Gasteiger partial charge in [-0.1, -0.05) is 28.8 Å². The van der Waals surface area contributed by atoms with Gasteiger partial charge in [0.1, 0.15) is 5.60 Å². The van der Waals surface area contributed by atoms with Crippen molar-refractivity contribution < 1.29 is 14.3 Å². The third kappa shape index (κ3) is 6.68. The lowest BCUT2D eigenvalue weighted by atomic mass is 9.71. The van der Waals surface area contributed by atoms with Crippen LogP contribution < -0.4 is 10.6 Å². The van der Waals surface area contributed by atoms with Crippen LogP contribution in [0.3, 0.4) is 0 Å². The van der Waals surface area contributed by atoms with Gasteiger partial charge in [0.15, 0.2) is 0 Å². The number of nitrogens with one attached hydrogen (secondary N) is 2. The molecular formula is C27H46BrN3O3. The zero-order chi connectivity index (χ0) is 24.3. The maximum Gasteiger partial charge on any atom is 0.407 e. The summed E-state index contributed by atoms with van der Waals surface area (Å²) in [6.07, 6.45) is 11.5. The molecule has 0 bridgehead atoms. The molecule has 34 heavy (non-hydrogen) atoms. The lowest BCUT2D eigenvalue weighted by Crippen LogP contribution is -2.57. The summed E-state index contributed by atoms with van der Waals surface area (Å²) in [5, 5.41) is 6.70. The summed E-state index contributed by atoms with van der Waals surface area (Å²) >= 11 is 3.90. The van der Waals surface area contributed by atoms with Crippen LogP contribution in [0.4, 0.5) is 4.79 Å². The number of rotatable bonds is 4. The number of ether oxygens (including phenoxy) is 1. The summed E-state index contributed by atoms with van der Waals surface area (Å²) in [7, 11) is 0. The van der Waals surface area contributed by atoms with E-state index in [0.717, 1.165) is 51.2 Å². The minimum Gasteiger partial charge on any atom is -0.444 e. The van der Waals surface area contributed by atoms with E-state index in [4.69, 9.17) is 4.74 Å². The van der Waals surface area contributed by atoms with Crippen molar-refractivity contribution in [1.82, 2.24) is 15.5 Å². The molecule has 2 aliphatic carbocycles. The third-order valence-electron chi connectivity index (χ3n) is 8.80. The predicted molar refractivity (Wildman–Crippen MR) is 139 cm³/mol. The Kier molecular flexibility index (Phi) is 8.87. The van der Waals surface area contributed by atoms with Gasteiger partial charge in [-0.3, -0.25) is 4.79 Å². The topological polar surface area (TPSA) is 70.7 Å². The molecule has 4 rings (SSSR count). The molecule has 2 saturated heterocycles. The summed E-state index contributed by atoms with van der Waals surface area (Å²) in [5.41, 5.74) is -0.452. The Bertz CT molecular complexity index is 704. The van der Waals surface area contributed by atoms with E-state index in [1.165, 1.54) is 38.5 Å². The van der Waals surface area contributed by atoms with E-state index >= 15 is 0 Å². The monoisotopic (exact) mass is 539 g/mol. The van der Waals surface area contributed by atoms with Crippen molar-refractivity contribution in [3.63, 3.8) is 0 Å². The summed E-state index contributed by atoms with van der Waals surface area (Å²) in [4.78, 5) is 28.3. The van der Waals surface area contributed by atoms with Crippen LogP contribution in [-0.4, -0.2) is 59.5 Å². The molecule has 6 atom stereocenters. The average molecular weight is 541 g/mol. The number of hydrogen-bond acceptors (Lipinski definition) is 4. The lowest BCUT2D eigenvalue weighted by Gasteiger charge is -2.46. The van der Waals surface area contributed by atoms with Crippen molar-refractivity contribution in [3.8, 4) is 0 Å². The predicted octanol–water partition coefficient (Wildman–Crippen LogP) is 5.10. The standard InChI is InChI=1S/C27H46BrN3O3/c1-27(2,3)34-26(33)30-17-18-6-4-7-20(16-18)19-11-14-31(15-12-19)25(32)22-9-10-23(28)21-8-5-13-29-24(21)22/h18-24,29H,4-17H2,1-3H3,(H,30,33). The summed E-state index contributed by atoms with van der Waals surface area (Å²) < 4.78 is 5.40. The highest BCUT2D eigenvalue weighted by Crippen LogP contribution is 2.41. The number of carbonyl (C=O) groups is 2. The highest BCUT2D eigenvalue weighted by atomic mass is 79.9. The van der Waals surface area contributed by atoms with E-state index in [1.807, 2.05) is 20.8 Å². The van der Waals surface area contributed by atoms with Crippen molar-refractivity contribution in [2.75, 3.05) is 26.2 Å². The van der Waals surface area contributed by atoms with Crippen molar-refractivity contribution in [2.45, 2.75) is 101 Å². The third-order valence-corrected chi connectivity index (χ3v) is 9.94. The molecule has 2 heterocycles. The van der Waals surface area contributed by atoms with E-state index in [1.54, 1.807) is 0 Å². The van der Waals surface area contributed by atoms with E-state index in [9.17, 15) is 9.59 Å². The van der Waals surface area contributed by atoms with Crippen LogP contribution in [0.15, 0.2) is 0 Å². The Morgan fingerprint density at radius 1 is 1.00 bits per heavy atom. The highest BCUT2D eigenvalue weighted by molar-refractivity contribution is 9.09. The number of nitrogens with zero attached hydrogens (tertiary/aromatic N) is 1. The smallest absolute Gasteiger partial charge is 0.407 e. The van der Waals surface area contributed by atoms with Gasteiger partial charge in [0, 0.05) is 30.5 Å². The fraction of sp³-hybridized carbons (Fsp3) is 0.926.